The highest BCUT2D eigenvalue weighted by Gasteiger charge is 2.26. The third-order valence-electron chi connectivity index (χ3n) is 4.51. The van der Waals surface area contributed by atoms with Crippen molar-refractivity contribution in [3.8, 4) is 0 Å². The van der Waals surface area contributed by atoms with Gasteiger partial charge < -0.3 is 5.11 Å². The minimum Gasteiger partial charge on any atom is -0.396 e. The zero-order chi connectivity index (χ0) is 16.9. The molecule has 6 heteroatoms. The number of rotatable bonds is 6. The second-order valence-corrected chi connectivity index (χ2v) is 7.03. The van der Waals surface area contributed by atoms with Crippen molar-refractivity contribution in [3.63, 3.8) is 0 Å². The van der Waals surface area contributed by atoms with E-state index < -0.39 is 11.6 Å². The molecule has 0 aliphatic carbocycles. The van der Waals surface area contributed by atoms with Gasteiger partial charge in [0.1, 0.15) is 0 Å². The van der Waals surface area contributed by atoms with Crippen LogP contribution in [0.25, 0.3) is 0 Å². The molecule has 1 aliphatic heterocycles. The molecule has 0 radical (unpaired) electrons. The highest BCUT2D eigenvalue weighted by Crippen LogP contribution is 2.20. The molecule has 0 bridgehead atoms. The van der Waals surface area contributed by atoms with E-state index >= 15 is 0 Å². The van der Waals surface area contributed by atoms with E-state index in [9.17, 15) is 13.9 Å². The first kappa shape index (κ1) is 17.5. The SMILES string of the molecule is OCCC1CN(Cc2ccsc2)CCN1Cc1ccc(F)c(F)c1. The highest BCUT2D eigenvalue weighted by molar-refractivity contribution is 7.07. The molecule has 1 aliphatic rings. The Kier molecular flexibility index (Phi) is 5.94. The maximum absolute atomic E-state index is 13.4. The zero-order valence-electron chi connectivity index (χ0n) is 13.5. The maximum Gasteiger partial charge on any atom is 0.159 e. The fourth-order valence-corrected chi connectivity index (χ4v) is 3.91. The predicted molar refractivity (Wildman–Crippen MR) is 91.9 cm³/mol. The van der Waals surface area contributed by atoms with Gasteiger partial charge in [-0.25, -0.2) is 8.78 Å². The van der Waals surface area contributed by atoms with Crippen LogP contribution in [0.2, 0.25) is 0 Å². The number of hydrogen-bond donors (Lipinski definition) is 1. The van der Waals surface area contributed by atoms with Crippen LogP contribution in [-0.4, -0.2) is 47.2 Å². The largest absolute Gasteiger partial charge is 0.396 e. The predicted octanol–water partition coefficient (Wildman–Crippen LogP) is 3.10. The van der Waals surface area contributed by atoms with Crippen molar-refractivity contribution in [1.82, 2.24) is 9.80 Å². The van der Waals surface area contributed by atoms with E-state index in [2.05, 4.69) is 26.6 Å². The van der Waals surface area contributed by atoms with E-state index in [4.69, 9.17) is 0 Å². The molecule has 0 spiro atoms. The fourth-order valence-electron chi connectivity index (χ4n) is 3.25. The first-order valence-corrected chi connectivity index (χ1v) is 9.12. The zero-order valence-corrected chi connectivity index (χ0v) is 14.3. The second-order valence-electron chi connectivity index (χ2n) is 6.25. The first-order chi connectivity index (χ1) is 11.7. The van der Waals surface area contributed by atoms with Crippen molar-refractivity contribution in [2.75, 3.05) is 26.2 Å². The average molecular weight is 352 g/mol. The number of hydrogen-bond acceptors (Lipinski definition) is 4. The Morgan fingerprint density at radius 2 is 1.96 bits per heavy atom. The monoisotopic (exact) mass is 352 g/mol. The second kappa shape index (κ2) is 8.16. The number of benzene rings is 1. The van der Waals surface area contributed by atoms with E-state index in [0.717, 1.165) is 31.7 Å². The van der Waals surface area contributed by atoms with Crippen molar-refractivity contribution >= 4 is 11.3 Å². The van der Waals surface area contributed by atoms with E-state index in [1.165, 1.54) is 17.7 Å². The van der Waals surface area contributed by atoms with Gasteiger partial charge in [-0.05, 0) is 46.5 Å². The summed E-state index contributed by atoms with van der Waals surface area (Å²) in [5.41, 5.74) is 2.08. The lowest BCUT2D eigenvalue weighted by Gasteiger charge is -2.41. The third kappa shape index (κ3) is 4.39. The molecule has 0 amide bonds. The van der Waals surface area contributed by atoms with Gasteiger partial charge in [-0.1, -0.05) is 6.07 Å². The molecule has 3 nitrogen and oxygen atoms in total. The molecule has 1 aromatic heterocycles. The fraction of sp³-hybridized carbons (Fsp3) is 0.444. The van der Waals surface area contributed by atoms with E-state index in [1.807, 2.05) is 0 Å². The molecule has 0 saturated carbocycles. The number of thiophene rings is 1. The molecule has 3 rings (SSSR count). The summed E-state index contributed by atoms with van der Waals surface area (Å²) in [5, 5.41) is 13.6. The molecule has 1 N–H and O–H groups in total. The summed E-state index contributed by atoms with van der Waals surface area (Å²) in [6, 6.07) is 6.43. The minimum absolute atomic E-state index is 0.130. The molecule has 1 aromatic carbocycles. The van der Waals surface area contributed by atoms with Gasteiger partial charge in [0.2, 0.25) is 0 Å². The Morgan fingerprint density at radius 3 is 2.67 bits per heavy atom. The van der Waals surface area contributed by atoms with Gasteiger partial charge in [-0.15, -0.1) is 0 Å². The summed E-state index contributed by atoms with van der Waals surface area (Å²) in [4.78, 5) is 4.65. The molecular formula is C18H22F2N2OS. The van der Waals surface area contributed by atoms with Gasteiger partial charge in [0.25, 0.3) is 0 Å². The van der Waals surface area contributed by atoms with Crippen LogP contribution in [0.4, 0.5) is 8.78 Å². The van der Waals surface area contributed by atoms with E-state index in [0.29, 0.717) is 13.0 Å². The summed E-state index contributed by atoms with van der Waals surface area (Å²) in [6.07, 6.45) is 0.684. The number of piperazine rings is 1. The lowest BCUT2D eigenvalue weighted by Crippen LogP contribution is -2.52. The number of aliphatic hydroxyl groups is 1. The molecule has 130 valence electrons. The number of halogens is 2. The Bertz CT molecular complexity index is 650. The molecule has 1 atom stereocenters. The van der Waals surface area contributed by atoms with Crippen molar-refractivity contribution in [2.45, 2.75) is 25.6 Å². The Morgan fingerprint density at radius 1 is 1.08 bits per heavy atom. The van der Waals surface area contributed by atoms with Gasteiger partial charge in [-0.3, -0.25) is 9.80 Å². The summed E-state index contributed by atoms with van der Waals surface area (Å²) in [5.74, 6) is -1.62. The summed E-state index contributed by atoms with van der Waals surface area (Å²) >= 11 is 1.70. The smallest absolute Gasteiger partial charge is 0.159 e. The molecule has 2 aromatic rings. The maximum atomic E-state index is 13.4. The van der Waals surface area contributed by atoms with Gasteiger partial charge in [0.05, 0.1) is 0 Å². The van der Waals surface area contributed by atoms with Crippen LogP contribution < -0.4 is 0 Å². The summed E-state index contributed by atoms with van der Waals surface area (Å²) in [7, 11) is 0. The van der Waals surface area contributed by atoms with Crippen LogP contribution in [0.15, 0.2) is 35.0 Å². The van der Waals surface area contributed by atoms with Crippen LogP contribution in [0.5, 0.6) is 0 Å². The van der Waals surface area contributed by atoms with Gasteiger partial charge in [-0.2, -0.15) is 11.3 Å². The van der Waals surface area contributed by atoms with Crippen LogP contribution in [0, 0.1) is 11.6 Å². The van der Waals surface area contributed by atoms with Crippen LogP contribution in [-0.2, 0) is 13.1 Å². The lowest BCUT2D eigenvalue weighted by molar-refractivity contribution is 0.0499. The lowest BCUT2D eigenvalue weighted by atomic mass is 10.1. The van der Waals surface area contributed by atoms with Crippen molar-refractivity contribution < 1.29 is 13.9 Å². The Balaban J connectivity index is 1.63. The summed E-state index contributed by atoms with van der Waals surface area (Å²) < 4.78 is 26.5. The Hall–Kier alpha value is -1.34. The molecule has 1 unspecified atom stereocenters. The quantitative estimate of drug-likeness (QED) is 0.865. The Labute approximate surface area is 145 Å². The topological polar surface area (TPSA) is 26.7 Å². The van der Waals surface area contributed by atoms with Crippen LogP contribution >= 0.6 is 11.3 Å². The molecule has 1 saturated heterocycles. The van der Waals surface area contributed by atoms with Gasteiger partial charge in [0.15, 0.2) is 11.6 Å². The molecule has 1 fully saturated rings. The van der Waals surface area contributed by atoms with Crippen molar-refractivity contribution in [3.05, 3.63) is 57.8 Å². The van der Waals surface area contributed by atoms with E-state index in [-0.39, 0.29) is 12.6 Å². The van der Waals surface area contributed by atoms with Gasteiger partial charge >= 0.3 is 0 Å². The van der Waals surface area contributed by atoms with Crippen LogP contribution in [0.3, 0.4) is 0 Å². The van der Waals surface area contributed by atoms with E-state index in [1.54, 1.807) is 17.4 Å². The number of nitrogens with zero attached hydrogens (tertiary/aromatic N) is 2. The highest BCUT2D eigenvalue weighted by atomic mass is 32.1. The molecular weight excluding hydrogens is 330 g/mol. The first-order valence-electron chi connectivity index (χ1n) is 8.18. The summed E-state index contributed by atoms with van der Waals surface area (Å²) in [6.45, 7) is 4.29. The van der Waals surface area contributed by atoms with Gasteiger partial charge in [0, 0.05) is 45.4 Å². The standard InChI is InChI=1S/C18H22F2N2OS/c19-17-2-1-14(9-18(17)20)11-22-6-5-21(12-16(22)3-7-23)10-15-4-8-24-13-15/h1-2,4,8-9,13,16,23H,3,5-7,10-12H2. The minimum atomic E-state index is -0.814. The van der Waals surface area contributed by atoms with Crippen molar-refractivity contribution in [1.29, 1.82) is 0 Å². The van der Waals surface area contributed by atoms with Crippen molar-refractivity contribution in [2.24, 2.45) is 0 Å². The number of aliphatic hydroxyl groups excluding tert-OH is 1. The normalized spacial score (nSPS) is 19.7. The average Bonchev–Trinajstić information content (AvgIpc) is 3.07. The van der Waals surface area contributed by atoms with Crippen LogP contribution in [0.1, 0.15) is 17.5 Å². The molecule has 2 heterocycles. The molecule has 24 heavy (non-hydrogen) atoms. The third-order valence-corrected chi connectivity index (χ3v) is 5.24.